The summed E-state index contributed by atoms with van der Waals surface area (Å²) in [4.78, 5) is 4.10. The zero-order valence-corrected chi connectivity index (χ0v) is 11.1. The normalized spacial score (nSPS) is 12.6. The fraction of sp³-hybridized carbons (Fsp3) is 0.385. The van der Waals surface area contributed by atoms with Gasteiger partial charge in [-0.05, 0) is 12.5 Å². The van der Waals surface area contributed by atoms with E-state index in [0.29, 0.717) is 5.82 Å². The quantitative estimate of drug-likeness (QED) is 0.779. The molecular formula is C13H13ClF2N2O. The fourth-order valence-corrected chi connectivity index (χ4v) is 2.00. The van der Waals surface area contributed by atoms with Crippen LogP contribution < -0.4 is 0 Å². The molecule has 2 rings (SSSR count). The molecule has 0 saturated heterocycles. The third-order valence-electron chi connectivity index (χ3n) is 2.68. The van der Waals surface area contributed by atoms with E-state index >= 15 is 0 Å². The van der Waals surface area contributed by atoms with E-state index in [2.05, 4.69) is 10.1 Å². The Morgan fingerprint density at radius 2 is 2.16 bits per heavy atom. The first kappa shape index (κ1) is 13.9. The van der Waals surface area contributed by atoms with Gasteiger partial charge in [-0.25, -0.2) is 8.78 Å². The summed E-state index contributed by atoms with van der Waals surface area (Å²) in [5, 5.41) is 3.43. The molecule has 0 amide bonds. The number of halogens is 3. The second-order valence-corrected chi connectivity index (χ2v) is 4.72. The first-order chi connectivity index (χ1) is 9.11. The molecule has 6 heteroatoms. The van der Waals surface area contributed by atoms with Crippen LogP contribution >= 0.6 is 11.6 Å². The largest absolute Gasteiger partial charge is 0.339 e. The van der Waals surface area contributed by atoms with Crippen LogP contribution in [-0.4, -0.2) is 10.1 Å². The molecule has 0 saturated carbocycles. The Morgan fingerprint density at radius 1 is 1.37 bits per heavy atom. The summed E-state index contributed by atoms with van der Waals surface area (Å²) in [6, 6.07) is 3.98. The predicted molar refractivity (Wildman–Crippen MR) is 67.0 cm³/mol. The lowest BCUT2D eigenvalue weighted by Crippen LogP contribution is -1.97. The van der Waals surface area contributed by atoms with E-state index in [1.807, 2.05) is 6.92 Å². The number of rotatable bonds is 5. The highest BCUT2D eigenvalue weighted by molar-refractivity contribution is 6.20. The van der Waals surface area contributed by atoms with Crippen molar-refractivity contribution in [1.82, 2.24) is 10.1 Å². The van der Waals surface area contributed by atoms with Gasteiger partial charge in [0.2, 0.25) is 5.89 Å². The minimum absolute atomic E-state index is 0.0479. The molecular weight excluding hydrogens is 274 g/mol. The van der Waals surface area contributed by atoms with Crippen LogP contribution in [0.4, 0.5) is 8.78 Å². The van der Waals surface area contributed by atoms with Crippen molar-refractivity contribution < 1.29 is 13.3 Å². The Morgan fingerprint density at radius 3 is 2.89 bits per heavy atom. The van der Waals surface area contributed by atoms with E-state index in [-0.39, 0.29) is 23.3 Å². The lowest BCUT2D eigenvalue weighted by atomic mass is 10.1. The molecule has 2 aromatic rings. The van der Waals surface area contributed by atoms with Gasteiger partial charge in [-0.1, -0.05) is 30.6 Å². The number of benzene rings is 1. The molecule has 1 atom stereocenters. The molecule has 102 valence electrons. The minimum atomic E-state index is -0.891. The molecule has 0 aliphatic rings. The van der Waals surface area contributed by atoms with E-state index in [0.717, 1.165) is 18.9 Å². The van der Waals surface area contributed by atoms with Gasteiger partial charge in [0.1, 0.15) is 0 Å². The van der Waals surface area contributed by atoms with E-state index < -0.39 is 11.6 Å². The van der Waals surface area contributed by atoms with Gasteiger partial charge < -0.3 is 4.52 Å². The molecule has 0 aliphatic carbocycles. The summed E-state index contributed by atoms with van der Waals surface area (Å²) in [6.07, 6.45) is 1.68. The van der Waals surface area contributed by atoms with E-state index in [1.54, 1.807) is 0 Å². The van der Waals surface area contributed by atoms with Crippen molar-refractivity contribution >= 4 is 11.6 Å². The van der Waals surface area contributed by atoms with Crippen LogP contribution in [0.3, 0.4) is 0 Å². The average molecular weight is 287 g/mol. The molecule has 0 spiro atoms. The molecule has 0 radical (unpaired) electrons. The standard InChI is InChI=1S/C13H13ClF2N2O/c1-2-4-9(14)13-17-11(19-18-13)7-8-5-3-6-10(15)12(8)16/h3,5-6,9H,2,4,7H2,1H3. The second kappa shape index (κ2) is 6.10. The molecule has 1 aromatic carbocycles. The molecule has 19 heavy (non-hydrogen) atoms. The maximum absolute atomic E-state index is 13.5. The molecule has 0 bridgehead atoms. The Labute approximate surface area is 114 Å². The van der Waals surface area contributed by atoms with Crippen molar-refractivity contribution in [1.29, 1.82) is 0 Å². The zero-order chi connectivity index (χ0) is 13.8. The fourth-order valence-electron chi connectivity index (χ4n) is 1.70. The van der Waals surface area contributed by atoms with Gasteiger partial charge in [0, 0.05) is 5.56 Å². The highest BCUT2D eigenvalue weighted by Gasteiger charge is 2.16. The molecule has 1 unspecified atom stereocenters. The summed E-state index contributed by atoms with van der Waals surface area (Å²) in [7, 11) is 0. The van der Waals surface area contributed by atoms with E-state index in [4.69, 9.17) is 16.1 Å². The van der Waals surface area contributed by atoms with Crippen molar-refractivity contribution in [2.24, 2.45) is 0 Å². The van der Waals surface area contributed by atoms with Crippen molar-refractivity contribution in [3.8, 4) is 0 Å². The number of hydrogen-bond acceptors (Lipinski definition) is 3. The van der Waals surface area contributed by atoms with E-state index in [1.165, 1.54) is 12.1 Å². The maximum atomic E-state index is 13.5. The van der Waals surface area contributed by atoms with Gasteiger partial charge in [-0.15, -0.1) is 11.6 Å². The molecule has 0 aliphatic heterocycles. The van der Waals surface area contributed by atoms with Crippen LogP contribution in [0.15, 0.2) is 22.7 Å². The minimum Gasteiger partial charge on any atom is -0.339 e. The maximum Gasteiger partial charge on any atom is 0.231 e. The summed E-state index contributed by atoms with van der Waals surface area (Å²) in [5.41, 5.74) is 0.178. The first-order valence-electron chi connectivity index (χ1n) is 6.01. The molecule has 1 heterocycles. The first-order valence-corrected chi connectivity index (χ1v) is 6.45. The van der Waals surface area contributed by atoms with Crippen LogP contribution in [0.2, 0.25) is 0 Å². The lowest BCUT2D eigenvalue weighted by Gasteiger charge is -2.00. The van der Waals surface area contributed by atoms with Crippen LogP contribution in [0.5, 0.6) is 0 Å². The Hall–Kier alpha value is -1.49. The number of alkyl halides is 1. The monoisotopic (exact) mass is 286 g/mol. The highest BCUT2D eigenvalue weighted by Crippen LogP contribution is 2.23. The Kier molecular flexibility index (Phi) is 4.47. The summed E-state index contributed by atoms with van der Waals surface area (Å²) in [5.74, 6) is -1.17. The van der Waals surface area contributed by atoms with Gasteiger partial charge in [-0.3, -0.25) is 0 Å². The summed E-state index contributed by atoms with van der Waals surface area (Å²) >= 11 is 6.06. The lowest BCUT2D eigenvalue weighted by molar-refractivity contribution is 0.376. The van der Waals surface area contributed by atoms with Gasteiger partial charge in [-0.2, -0.15) is 4.98 Å². The molecule has 0 N–H and O–H groups in total. The van der Waals surface area contributed by atoms with Crippen molar-refractivity contribution in [2.45, 2.75) is 31.6 Å². The summed E-state index contributed by atoms with van der Waals surface area (Å²) < 4.78 is 31.5. The Balaban J connectivity index is 2.14. The van der Waals surface area contributed by atoms with Gasteiger partial charge in [0.25, 0.3) is 0 Å². The molecule has 1 aromatic heterocycles. The Bertz CT molecular complexity index is 559. The van der Waals surface area contributed by atoms with Crippen molar-refractivity contribution in [3.05, 3.63) is 47.1 Å². The van der Waals surface area contributed by atoms with Gasteiger partial charge in [0.15, 0.2) is 17.5 Å². The van der Waals surface area contributed by atoms with Crippen LogP contribution in [-0.2, 0) is 6.42 Å². The van der Waals surface area contributed by atoms with Crippen LogP contribution in [0.25, 0.3) is 0 Å². The number of nitrogens with zero attached hydrogens (tertiary/aromatic N) is 2. The van der Waals surface area contributed by atoms with Gasteiger partial charge in [0.05, 0.1) is 11.8 Å². The van der Waals surface area contributed by atoms with Gasteiger partial charge >= 0.3 is 0 Å². The van der Waals surface area contributed by atoms with Crippen LogP contribution in [0.1, 0.15) is 42.4 Å². The molecule has 0 fully saturated rings. The SMILES string of the molecule is CCCC(Cl)c1noc(Cc2cccc(F)c2F)n1. The van der Waals surface area contributed by atoms with Crippen molar-refractivity contribution in [2.75, 3.05) is 0 Å². The number of hydrogen-bond donors (Lipinski definition) is 0. The molecule has 3 nitrogen and oxygen atoms in total. The second-order valence-electron chi connectivity index (χ2n) is 4.19. The zero-order valence-electron chi connectivity index (χ0n) is 10.4. The van der Waals surface area contributed by atoms with Crippen molar-refractivity contribution in [3.63, 3.8) is 0 Å². The third kappa shape index (κ3) is 3.29. The highest BCUT2D eigenvalue weighted by atomic mass is 35.5. The third-order valence-corrected chi connectivity index (χ3v) is 3.09. The predicted octanol–water partition coefficient (Wildman–Crippen LogP) is 4.02. The van der Waals surface area contributed by atoms with Crippen LogP contribution in [0, 0.1) is 11.6 Å². The summed E-state index contributed by atoms with van der Waals surface area (Å²) in [6.45, 7) is 2.00. The average Bonchev–Trinajstić information content (AvgIpc) is 2.84. The van der Waals surface area contributed by atoms with E-state index in [9.17, 15) is 8.78 Å². The number of aromatic nitrogens is 2. The topological polar surface area (TPSA) is 38.9 Å². The smallest absolute Gasteiger partial charge is 0.231 e.